The molecule has 0 aliphatic rings. The zero-order chi connectivity index (χ0) is 11.2. The quantitative estimate of drug-likeness (QED) is 0.716. The minimum Gasteiger partial charge on any atom is -0.397 e. The van der Waals surface area contributed by atoms with E-state index in [2.05, 4.69) is 31.9 Å². The molecular formula is C10H5Br2F2N. The molecule has 1 nitrogen and oxygen atoms in total. The summed E-state index contributed by atoms with van der Waals surface area (Å²) in [6.45, 7) is 0. The van der Waals surface area contributed by atoms with Crippen molar-refractivity contribution in [3.63, 3.8) is 0 Å². The number of nitrogen functional groups attached to an aromatic ring is 1. The summed E-state index contributed by atoms with van der Waals surface area (Å²) < 4.78 is 27.6. The van der Waals surface area contributed by atoms with E-state index in [4.69, 9.17) is 5.73 Å². The molecule has 5 heteroatoms. The highest BCUT2D eigenvalue weighted by Gasteiger charge is 2.13. The van der Waals surface area contributed by atoms with Gasteiger partial charge in [0.1, 0.15) is 0 Å². The molecule has 15 heavy (non-hydrogen) atoms. The molecule has 0 heterocycles. The highest BCUT2D eigenvalue weighted by molar-refractivity contribution is 9.11. The zero-order valence-electron chi connectivity index (χ0n) is 7.32. The molecule has 2 rings (SSSR count). The third-order valence-corrected chi connectivity index (χ3v) is 3.42. The van der Waals surface area contributed by atoms with Crippen LogP contribution < -0.4 is 5.73 Å². The van der Waals surface area contributed by atoms with E-state index in [0.717, 1.165) is 6.07 Å². The summed E-state index contributed by atoms with van der Waals surface area (Å²) in [6, 6.07) is 4.12. The van der Waals surface area contributed by atoms with Crippen LogP contribution in [-0.4, -0.2) is 0 Å². The third kappa shape index (κ3) is 1.63. The van der Waals surface area contributed by atoms with Crippen molar-refractivity contribution in [2.24, 2.45) is 0 Å². The molecule has 2 N–H and O–H groups in total. The van der Waals surface area contributed by atoms with Crippen LogP contribution in [0.25, 0.3) is 10.8 Å². The fraction of sp³-hybridized carbons (Fsp3) is 0. The van der Waals surface area contributed by atoms with Crippen molar-refractivity contribution in [3.05, 3.63) is 38.8 Å². The van der Waals surface area contributed by atoms with Crippen LogP contribution in [0.3, 0.4) is 0 Å². The number of halogens is 4. The summed E-state index contributed by atoms with van der Waals surface area (Å²) in [7, 11) is 0. The van der Waals surface area contributed by atoms with Crippen LogP contribution in [0.1, 0.15) is 0 Å². The smallest absolute Gasteiger partial charge is 0.167 e. The largest absolute Gasteiger partial charge is 0.397 e. The Morgan fingerprint density at radius 3 is 2.40 bits per heavy atom. The Labute approximate surface area is 102 Å². The first-order valence-corrected chi connectivity index (χ1v) is 5.62. The van der Waals surface area contributed by atoms with E-state index in [1.165, 1.54) is 6.07 Å². The molecule has 0 amide bonds. The minimum absolute atomic E-state index is 0.163. The Morgan fingerprint density at radius 1 is 1.07 bits per heavy atom. The summed E-state index contributed by atoms with van der Waals surface area (Å²) >= 11 is 6.41. The molecule has 0 bridgehead atoms. The van der Waals surface area contributed by atoms with Gasteiger partial charge in [0.05, 0.1) is 5.69 Å². The van der Waals surface area contributed by atoms with Crippen LogP contribution in [0.2, 0.25) is 0 Å². The second-order valence-electron chi connectivity index (χ2n) is 3.04. The van der Waals surface area contributed by atoms with Gasteiger partial charge in [-0.25, -0.2) is 8.78 Å². The van der Waals surface area contributed by atoms with E-state index in [1.54, 1.807) is 6.07 Å². The van der Waals surface area contributed by atoms with Crippen LogP contribution in [0.4, 0.5) is 14.5 Å². The van der Waals surface area contributed by atoms with Crippen molar-refractivity contribution in [2.75, 3.05) is 5.73 Å². The van der Waals surface area contributed by atoms with Crippen molar-refractivity contribution in [2.45, 2.75) is 0 Å². The van der Waals surface area contributed by atoms with Gasteiger partial charge in [-0.3, -0.25) is 0 Å². The molecule has 0 saturated carbocycles. The van der Waals surface area contributed by atoms with Crippen molar-refractivity contribution in [1.29, 1.82) is 0 Å². The molecule has 78 valence electrons. The minimum atomic E-state index is -0.890. The number of rotatable bonds is 0. The molecule has 0 aliphatic heterocycles. The lowest BCUT2D eigenvalue weighted by atomic mass is 10.1. The lowest BCUT2D eigenvalue weighted by molar-refractivity contribution is 0.517. The van der Waals surface area contributed by atoms with Gasteiger partial charge in [0.25, 0.3) is 0 Å². The number of nitrogens with two attached hydrogens (primary N) is 1. The molecule has 0 spiro atoms. The van der Waals surface area contributed by atoms with Gasteiger partial charge in [-0.15, -0.1) is 0 Å². The summed E-state index contributed by atoms with van der Waals surface area (Å²) in [4.78, 5) is 0. The number of hydrogen-bond acceptors (Lipinski definition) is 1. The van der Waals surface area contributed by atoms with Crippen molar-refractivity contribution in [1.82, 2.24) is 0 Å². The molecule has 2 aromatic rings. The highest BCUT2D eigenvalue weighted by Crippen LogP contribution is 2.36. The van der Waals surface area contributed by atoms with E-state index >= 15 is 0 Å². The molecule has 0 unspecified atom stereocenters. The fourth-order valence-electron chi connectivity index (χ4n) is 1.40. The SMILES string of the molecule is Nc1c(Br)cc(Br)c2c(F)c(F)ccc12. The van der Waals surface area contributed by atoms with E-state index in [0.29, 0.717) is 20.0 Å². The Bertz CT molecular complexity index is 555. The van der Waals surface area contributed by atoms with Gasteiger partial charge in [0.15, 0.2) is 11.6 Å². The van der Waals surface area contributed by atoms with Gasteiger partial charge < -0.3 is 5.73 Å². The summed E-state index contributed by atoms with van der Waals surface area (Å²) in [5, 5.41) is 0.644. The monoisotopic (exact) mass is 335 g/mol. The van der Waals surface area contributed by atoms with E-state index in [1.807, 2.05) is 0 Å². The molecule has 0 saturated heterocycles. The van der Waals surface area contributed by atoms with Gasteiger partial charge in [0.2, 0.25) is 0 Å². The topological polar surface area (TPSA) is 26.0 Å². The third-order valence-electron chi connectivity index (χ3n) is 2.13. The normalized spacial score (nSPS) is 10.9. The average molecular weight is 337 g/mol. The Balaban J connectivity index is 3.03. The molecule has 0 aliphatic carbocycles. The van der Waals surface area contributed by atoms with Gasteiger partial charge in [0, 0.05) is 19.7 Å². The number of benzene rings is 2. The first kappa shape index (κ1) is 10.8. The lowest BCUT2D eigenvalue weighted by Crippen LogP contribution is -1.94. The van der Waals surface area contributed by atoms with Gasteiger partial charge in [-0.05, 0) is 34.1 Å². The van der Waals surface area contributed by atoms with Crippen LogP contribution in [0.15, 0.2) is 27.1 Å². The van der Waals surface area contributed by atoms with Crippen molar-refractivity contribution < 1.29 is 8.78 Å². The van der Waals surface area contributed by atoms with E-state index in [9.17, 15) is 8.78 Å². The standard InChI is InChI=1S/C10H5Br2F2N/c11-5-3-6(12)10(15)4-1-2-7(13)9(14)8(4)5/h1-3H,15H2. The first-order chi connectivity index (χ1) is 7.02. The van der Waals surface area contributed by atoms with Crippen molar-refractivity contribution >= 4 is 48.3 Å². The summed E-state index contributed by atoms with van der Waals surface area (Å²) in [5.41, 5.74) is 6.14. The predicted molar refractivity (Wildman–Crippen MR) is 63.7 cm³/mol. The number of anilines is 1. The second-order valence-corrected chi connectivity index (χ2v) is 4.75. The molecule has 0 radical (unpaired) electrons. The van der Waals surface area contributed by atoms with Crippen molar-refractivity contribution in [3.8, 4) is 0 Å². The second kappa shape index (κ2) is 3.72. The average Bonchev–Trinajstić information content (AvgIpc) is 2.18. The molecule has 2 aromatic carbocycles. The zero-order valence-corrected chi connectivity index (χ0v) is 10.5. The molecule has 0 atom stereocenters. The van der Waals surface area contributed by atoms with Gasteiger partial charge >= 0.3 is 0 Å². The fourth-order valence-corrected chi connectivity index (χ4v) is 2.76. The molecular weight excluding hydrogens is 332 g/mol. The maximum Gasteiger partial charge on any atom is 0.167 e. The Morgan fingerprint density at radius 2 is 1.73 bits per heavy atom. The summed E-state index contributed by atoms with van der Waals surface area (Å²) in [5.74, 6) is -1.77. The van der Waals surface area contributed by atoms with Crippen LogP contribution in [0.5, 0.6) is 0 Å². The van der Waals surface area contributed by atoms with Crippen LogP contribution in [0, 0.1) is 11.6 Å². The lowest BCUT2D eigenvalue weighted by Gasteiger charge is -2.08. The van der Waals surface area contributed by atoms with Gasteiger partial charge in [-0.2, -0.15) is 0 Å². The number of hydrogen-bond donors (Lipinski definition) is 1. The van der Waals surface area contributed by atoms with E-state index < -0.39 is 11.6 Å². The summed E-state index contributed by atoms with van der Waals surface area (Å²) in [6.07, 6.45) is 0. The highest BCUT2D eigenvalue weighted by atomic mass is 79.9. The van der Waals surface area contributed by atoms with Gasteiger partial charge in [-0.1, -0.05) is 15.9 Å². The Kier molecular flexibility index (Phi) is 2.68. The van der Waals surface area contributed by atoms with E-state index in [-0.39, 0.29) is 5.39 Å². The maximum absolute atomic E-state index is 13.5. The predicted octanol–water partition coefficient (Wildman–Crippen LogP) is 4.23. The van der Waals surface area contributed by atoms with Crippen LogP contribution >= 0.6 is 31.9 Å². The van der Waals surface area contributed by atoms with Crippen LogP contribution in [-0.2, 0) is 0 Å². The Hall–Kier alpha value is -0.680. The maximum atomic E-state index is 13.5. The molecule has 0 aromatic heterocycles. The first-order valence-electron chi connectivity index (χ1n) is 4.03. The number of fused-ring (bicyclic) bond motifs is 1. The molecule has 0 fully saturated rings.